The molecule has 4 aromatic heterocycles. The van der Waals surface area contributed by atoms with Crippen molar-refractivity contribution in [2.24, 2.45) is 0 Å². The zero-order valence-electron chi connectivity index (χ0n) is 33.2. The van der Waals surface area contributed by atoms with E-state index in [1.807, 2.05) is 12.1 Å². The molecule has 62 heavy (non-hydrogen) atoms. The van der Waals surface area contributed by atoms with Gasteiger partial charge in [0.15, 0.2) is 0 Å². The summed E-state index contributed by atoms with van der Waals surface area (Å²) in [5, 5.41) is 31.0. The molecule has 9 aromatic carbocycles. The number of fused-ring (bicyclic) bond motifs is 14. The van der Waals surface area contributed by atoms with Crippen molar-refractivity contribution in [3.8, 4) is 34.9 Å². The molecule has 0 radical (unpaired) electrons. The fraction of sp³-hybridized carbons (Fsp3) is 0. The van der Waals surface area contributed by atoms with Gasteiger partial charge in [0.05, 0.1) is 66.6 Å². The predicted octanol–water partition coefficient (Wildman–Crippen LogP) is 13.8. The minimum absolute atomic E-state index is 0.414. The topological polar surface area (TPSA) is 67.3 Å². The van der Waals surface area contributed by atoms with Crippen molar-refractivity contribution < 1.29 is 0 Å². The van der Waals surface area contributed by atoms with Crippen molar-refractivity contribution >= 4 is 87.2 Å². The van der Waals surface area contributed by atoms with Gasteiger partial charge in [0.25, 0.3) is 0 Å². The van der Waals surface area contributed by atoms with Gasteiger partial charge >= 0.3 is 0 Å². The summed E-state index contributed by atoms with van der Waals surface area (Å²) in [6, 6.07) is 72.8. The second kappa shape index (κ2) is 12.8. The second-order valence-corrected chi connectivity index (χ2v) is 15.9. The Labute approximate surface area is 354 Å². The van der Waals surface area contributed by atoms with Crippen molar-refractivity contribution in [2.75, 3.05) is 0 Å². The highest BCUT2D eigenvalue weighted by Gasteiger charge is 2.26. The lowest BCUT2D eigenvalue weighted by Gasteiger charge is -2.18. The molecule has 0 spiro atoms. The van der Waals surface area contributed by atoms with Gasteiger partial charge in [-0.1, -0.05) is 133 Å². The first-order valence-corrected chi connectivity index (χ1v) is 20.7. The molecule has 0 fully saturated rings. The molecule has 0 bridgehead atoms. The third-order valence-corrected chi connectivity index (χ3v) is 12.8. The van der Waals surface area contributed by atoms with E-state index in [2.05, 4.69) is 206 Å². The quantitative estimate of drug-likeness (QED) is 0.178. The average Bonchev–Trinajstić information content (AvgIpc) is 4.07. The van der Waals surface area contributed by atoms with Crippen LogP contribution in [0.5, 0.6) is 0 Å². The van der Waals surface area contributed by atoms with Gasteiger partial charge in [-0.05, 0) is 60.7 Å². The van der Waals surface area contributed by atoms with Crippen LogP contribution in [0.1, 0.15) is 11.1 Å². The Balaban J connectivity index is 1.23. The predicted molar refractivity (Wildman–Crippen MR) is 253 cm³/mol. The van der Waals surface area contributed by atoms with Gasteiger partial charge in [-0.2, -0.15) is 10.5 Å². The van der Waals surface area contributed by atoms with Gasteiger partial charge < -0.3 is 18.3 Å². The van der Waals surface area contributed by atoms with Crippen LogP contribution in [0, 0.1) is 22.7 Å². The first kappa shape index (κ1) is 34.1. The van der Waals surface area contributed by atoms with Crippen LogP contribution in [0.3, 0.4) is 0 Å². The maximum absolute atomic E-state index is 11.1. The van der Waals surface area contributed by atoms with Crippen molar-refractivity contribution in [1.82, 2.24) is 18.3 Å². The Morgan fingerprint density at radius 1 is 0.274 bits per heavy atom. The fourth-order valence-electron chi connectivity index (χ4n) is 10.3. The number of para-hydroxylation sites is 6. The molecule has 0 atom stereocenters. The molecule has 0 N–H and O–H groups in total. The Kier molecular flexibility index (Phi) is 7.05. The Hall–Kier alpha value is -8.84. The van der Waals surface area contributed by atoms with Gasteiger partial charge in [-0.3, -0.25) is 0 Å². The summed E-state index contributed by atoms with van der Waals surface area (Å²) in [6.45, 7) is 0. The van der Waals surface area contributed by atoms with E-state index in [1.165, 1.54) is 0 Å². The highest BCUT2D eigenvalue weighted by molar-refractivity contribution is 6.25. The normalized spacial score (nSPS) is 11.8. The van der Waals surface area contributed by atoms with Crippen LogP contribution < -0.4 is 0 Å². The monoisotopic (exact) mass is 788 g/mol. The van der Waals surface area contributed by atoms with E-state index in [1.54, 1.807) is 6.07 Å². The minimum atomic E-state index is 0.414. The largest absolute Gasteiger partial charge is 0.307 e. The van der Waals surface area contributed by atoms with Crippen LogP contribution in [0.4, 0.5) is 0 Å². The molecular formula is C56H32N6. The molecule has 0 saturated carbocycles. The second-order valence-electron chi connectivity index (χ2n) is 15.9. The first-order valence-electron chi connectivity index (χ1n) is 20.7. The number of aromatic nitrogens is 4. The van der Waals surface area contributed by atoms with Gasteiger partial charge in [0, 0.05) is 54.5 Å². The molecule has 286 valence electrons. The van der Waals surface area contributed by atoms with E-state index in [0.29, 0.717) is 22.5 Å². The molecule has 13 aromatic rings. The van der Waals surface area contributed by atoms with E-state index in [9.17, 15) is 10.5 Å². The Bertz CT molecular complexity index is 3840. The summed E-state index contributed by atoms with van der Waals surface area (Å²) in [7, 11) is 0. The third-order valence-electron chi connectivity index (χ3n) is 12.8. The molecule has 0 aliphatic carbocycles. The molecule has 13 rings (SSSR count). The Morgan fingerprint density at radius 3 is 0.903 bits per heavy atom. The van der Waals surface area contributed by atoms with E-state index in [0.717, 1.165) is 98.6 Å². The first-order chi connectivity index (χ1) is 30.7. The molecule has 6 nitrogen and oxygen atoms in total. The zero-order chi connectivity index (χ0) is 41.1. The number of nitrogens with zero attached hydrogens (tertiary/aromatic N) is 6. The van der Waals surface area contributed by atoms with Crippen molar-refractivity contribution in [3.05, 3.63) is 205 Å². The standard InChI is InChI=1S/C56H32N6/c57-33-35-31-36(34-58)52(62-50-26-14-10-22-42(50)46-30-28-44-40-20-8-12-24-48(40)60(54(44)56(46)62)38-17-5-2-6-18-38)32-51(35)61-49-25-13-9-21-41(49)45-29-27-43-39-19-7-11-23-47(39)59(53(43)55(45)61)37-15-3-1-4-16-37/h1-32H. The minimum Gasteiger partial charge on any atom is -0.307 e. The van der Waals surface area contributed by atoms with Gasteiger partial charge in [0.2, 0.25) is 0 Å². The van der Waals surface area contributed by atoms with Gasteiger partial charge in [0.1, 0.15) is 12.1 Å². The Morgan fingerprint density at radius 2 is 0.565 bits per heavy atom. The summed E-state index contributed by atoms with van der Waals surface area (Å²) in [5.41, 5.74) is 12.5. The van der Waals surface area contributed by atoms with Crippen LogP contribution in [0.25, 0.3) is 110 Å². The smallest absolute Gasteiger partial charge is 0.101 e. The van der Waals surface area contributed by atoms with E-state index in [-0.39, 0.29) is 0 Å². The van der Waals surface area contributed by atoms with Crippen LogP contribution in [0.2, 0.25) is 0 Å². The van der Waals surface area contributed by atoms with Crippen LogP contribution in [-0.4, -0.2) is 18.3 Å². The molecule has 4 heterocycles. The summed E-state index contributed by atoms with van der Waals surface area (Å²) in [5.74, 6) is 0. The molecule has 6 heteroatoms. The SMILES string of the molecule is N#Cc1cc(C#N)c(-n2c3ccccc3c3ccc4c5ccccc5n(-c5ccccc5)c4c32)cc1-n1c2ccccc2c2ccc3c4ccccc4n(-c4ccccc4)c3c21. The number of nitriles is 2. The van der Waals surface area contributed by atoms with E-state index < -0.39 is 0 Å². The van der Waals surface area contributed by atoms with Crippen LogP contribution >= 0.6 is 0 Å². The van der Waals surface area contributed by atoms with Crippen LogP contribution in [-0.2, 0) is 0 Å². The molecule has 0 amide bonds. The average molecular weight is 789 g/mol. The summed E-state index contributed by atoms with van der Waals surface area (Å²) in [4.78, 5) is 0. The molecule has 0 aliphatic heterocycles. The molecular weight excluding hydrogens is 757 g/mol. The number of hydrogen-bond donors (Lipinski definition) is 0. The lowest BCUT2D eigenvalue weighted by molar-refractivity contribution is 1.11. The van der Waals surface area contributed by atoms with Gasteiger partial charge in [-0.25, -0.2) is 0 Å². The summed E-state index contributed by atoms with van der Waals surface area (Å²) >= 11 is 0. The number of hydrogen-bond acceptors (Lipinski definition) is 2. The lowest BCUT2D eigenvalue weighted by atomic mass is 10.1. The maximum atomic E-state index is 11.1. The van der Waals surface area contributed by atoms with Crippen molar-refractivity contribution in [3.63, 3.8) is 0 Å². The van der Waals surface area contributed by atoms with Crippen molar-refractivity contribution in [2.45, 2.75) is 0 Å². The molecule has 0 aliphatic rings. The third kappa shape index (κ3) is 4.50. The van der Waals surface area contributed by atoms with E-state index >= 15 is 0 Å². The van der Waals surface area contributed by atoms with Gasteiger partial charge in [-0.15, -0.1) is 0 Å². The fourth-order valence-corrected chi connectivity index (χ4v) is 10.3. The zero-order valence-corrected chi connectivity index (χ0v) is 33.2. The highest BCUT2D eigenvalue weighted by atomic mass is 15.1. The number of rotatable bonds is 4. The summed E-state index contributed by atoms with van der Waals surface area (Å²) < 4.78 is 9.23. The van der Waals surface area contributed by atoms with Crippen LogP contribution in [0.15, 0.2) is 194 Å². The highest BCUT2D eigenvalue weighted by Crippen LogP contribution is 2.45. The molecule has 0 unspecified atom stereocenters. The van der Waals surface area contributed by atoms with E-state index in [4.69, 9.17) is 0 Å². The molecule has 0 saturated heterocycles. The number of benzene rings is 9. The van der Waals surface area contributed by atoms with Crippen molar-refractivity contribution in [1.29, 1.82) is 10.5 Å². The lowest BCUT2D eigenvalue weighted by Crippen LogP contribution is -2.06. The summed E-state index contributed by atoms with van der Waals surface area (Å²) in [6.07, 6.45) is 0. The maximum Gasteiger partial charge on any atom is 0.101 e.